The zero-order valence-electron chi connectivity index (χ0n) is 17.3. The van der Waals surface area contributed by atoms with E-state index in [1.54, 1.807) is 36.7 Å². The topological polar surface area (TPSA) is 109 Å². The average molecular weight is 437 g/mol. The highest BCUT2D eigenvalue weighted by molar-refractivity contribution is 6.31. The van der Waals surface area contributed by atoms with Crippen LogP contribution in [0.2, 0.25) is 5.02 Å². The number of nitrogens with zero attached hydrogens (tertiary/aromatic N) is 3. The second-order valence-electron chi connectivity index (χ2n) is 8.24. The maximum Gasteiger partial charge on any atom is 0.230 e. The normalized spacial score (nSPS) is 12.8. The van der Waals surface area contributed by atoms with Gasteiger partial charge in [0.2, 0.25) is 17.8 Å². The minimum atomic E-state index is -0.509. The summed E-state index contributed by atoms with van der Waals surface area (Å²) >= 11 is 6.08. The van der Waals surface area contributed by atoms with E-state index in [1.165, 1.54) is 0 Å². The van der Waals surface area contributed by atoms with Crippen LogP contribution in [0, 0.1) is 5.41 Å². The van der Waals surface area contributed by atoms with Crippen molar-refractivity contribution in [2.45, 2.75) is 27.2 Å². The molecule has 0 aliphatic carbocycles. The molecule has 3 heterocycles. The first-order valence-electron chi connectivity index (χ1n) is 9.69. The van der Waals surface area contributed by atoms with E-state index in [1.807, 2.05) is 26.8 Å². The van der Waals surface area contributed by atoms with Gasteiger partial charge in [-0.05, 0) is 30.3 Å². The Hall–Kier alpha value is -3.52. The maximum absolute atomic E-state index is 12.2. The molecular weight excluding hydrogens is 416 g/mol. The molecule has 1 aliphatic heterocycles. The largest absolute Gasteiger partial charge is 0.325 e. The predicted octanol–water partition coefficient (Wildman–Crippen LogP) is 4.41. The molecule has 0 spiro atoms. The number of amides is 2. The van der Waals surface area contributed by atoms with Crippen molar-refractivity contribution in [1.82, 2.24) is 15.0 Å². The lowest BCUT2D eigenvalue weighted by Crippen LogP contribution is -2.27. The molecule has 1 aromatic carbocycles. The van der Waals surface area contributed by atoms with Crippen LogP contribution in [0.4, 0.5) is 23.1 Å². The molecule has 9 heteroatoms. The molecule has 1 aliphatic rings. The van der Waals surface area contributed by atoms with Crippen molar-refractivity contribution in [2.24, 2.45) is 5.41 Å². The van der Waals surface area contributed by atoms with Crippen LogP contribution in [-0.2, 0) is 16.0 Å². The van der Waals surface area contributed by atoms with Gasteiger partial charge < -0.3 is 16.0 Å². The van der Waals surface area contributed by atoms with Gasteiger partial charge in [-0.2, -0.15) is 0 Å². The zero-order valence-corrected chi connectivity index (χ0v) is 18.0. The summed E-state index contributed by atoms with van der Waals surface area (Å²) in [5.41, 5.74) is 2.92. The van der Waals surface area contributed by atoms with Gasteiger partial charge in [-0.1, -0.05) is 32.4 Å². The van der Waals surface area contributed by atoms with Crippen molar-refractivity contribution >= 4 is 46.6 Å². The van der Waals surface area contributed by atoms with Gasteiger partial charge in [-0.15, -0.1) is 0 Å². The van der Waals surface area contributed by atoms with Gasteiger partial charge in [0.15, 0.2) is 0 Å². The Kier molecular flexibility index (Phi) is 5.32. The molecule has 8 nitrogen and oxygen atoms in total. The third-order valence-electron chi connectivity index (χ3n) is 4.67. The molecule has 0 fully saturated rings. The van der Waals surface area contributed by atoms with Crippen LogP contribution in [0.3, 0.4) is 0 Å². The monoisotopic (exact) mass is 436 g/mol. The first kappa shape index (κ1) is 20.7. The Morgan fingerprint density at radius 2 is 1.94 bits per heavy atom. The van der Waals surface area contributed by atoms with Gasteiger partial charge in [0.05, 0.1) is 29.7 Å². The molecule has 0 atom stereocenters. The van der Waals surface area contributed by atoms with E-state index in [-0.39, 0.29) is 18.2 Å². The number of nitrogens with one attached hydrogen (secondary N) is 3. The Morgan fingerprint density at radius 1 is 1.13 bits per heavy atom. The van der Waals surface area contributed by atoms with Crippen LogP contribution in [0.15, 0.2) is 42.7 Å². The molecule has 0 saturated carbocycles. The summed E-state index contributed by atoms with van der Waals surface area (Å²) in [6.45, 7) is 5.51. The van der Waals surface area contributed by atoms with Crippen LogP contribution in [0.5, 0.6) is 0 Å². The Labute approximate surface area is 184 Å². The molecule has 4 rings (SSSR count). The lowest BCUT2D eigenvalue weighted by Gasteiger charge is -2.17. The van der Waals surface area contributed by atoms with Gasteiger partial charge >= 0.3 is 0 Å². The number of benzene rings is 1. The zero-order chi connectivity index (χ0) is 22.2. The van der Waals surface area contributed by atoms with Crippen LogP contribution in [-0.4, -0.2) is 26.8 Å². The highest BCUT2D eigenvalue weighted by Crippen LogP contribution is 2.34. The highest BCUT2D eigenvalue weighted by Gasteiger charge is 2.22. The van der Waals surface area contributed by atoms with Crippen molar-refractivity contribution in [3.8, 4) is 11.3 Å². The summed E-state index contributed by atoms with van der Waals surface area (Å²) < 4.78 is 0. The fourth-order valence-corrected chi connectivity index (χ4v) is 3.17. The molecule has 2 amide bonds. The van der Waals surface area contributed by atoms with E-state index >= 15 is 0 Å². The fourth-order valence-electron chi connectivity index (χ4n) is 3.00. The number of carbonyl (C=O) groups is 2. The minimum absolute atomic E-state index is 0.114. The Bertz CT molecular complexity index is 1170. The van der Waals surface area contributed by atoms with Crippen molar-refractivity contribution in [1.29, 1.82) is 0 Å². The lowest BCUT2D eigenvalue weighted by atomic mass is 9.96. The number of rotatable bonds is 3. The second kappa shape index (κ2) is 7.96. The fraction of sp³-hybridized carbons (Fsp3) is 0.227. The molecular formula is C22H21ClN6O2. The molecule has 3 N–H and O–H groups in total. The van der Waals surface area contributed by atoms with E-state index in [0.29, 0.717) is 33.9 Å². The molecule has 0 saturated heterocycles. The summed E-state index contributed by atoms with van der Waals surface area (Å²) in [7, 11) is 0. The SMILES string of the molecule is CC(C)(C)C(=O)Nc1ccc(Nc2ncc3c(n2)-c2ccc(Cl)cc2NC(=O)C3)cn1. The number of pyridine rings is 1. The Balaban J connectivity index is 1.58. The predicted molar refractivity (Wildman–Crippen MR) is 120 cm³/mol. The van der Waals surface area contributed by atoms with Crippen molar-refractivity contribution in [3.05, 3.63) is 53.3 Å². The summed E-state index contributed by atoms with van der Waals surface area (Å²) in [4.78, 5) is 37.5. The maximum atomic E-state index is 12.2. The molecule has 2 aromatic heterocycles. The average Bonchev–Trinajstić information content (AvgIpc) is 2.83. The minimum Gasteiger partial charge on any atom is -0.325 e. The van der Waals surface area contributed by atoms with E-state index in [4.69, 9.17) is 11.6 Å². The third-order valence-corrected chi connectivity index (χ3v) is 4.90. The Morgan fingerprint density at radius 3 is 2.65 bits per heavy atom. The summed E-state index contributed by atoms with van der Waals surface area (Å²) in [6.07, 6.45) is 3.40. The lowest BCUT2D eigenvalue weighted by molar-refractivity contribution is -0.123. The number of hydrogen-bond acceptors (Lipinski definition) is 6. The highest BCUT2D eigenvalue weighted by atomic mass is 35.5. The smallest absolute Gasteiger partial charge is 0.230 e. The first-order valence-corrected chi connectivity index (χ1v) is 10.1. The van der Waals surface area contributed by atoms with Gasteiger partial charge in [0, 0.05) is 27.8 Å². The van der Waals surface area contributed by atoms with Crippen molar-refractivity contribution < 1.29 is 9.59 Å². The standard InChI is InChI=1S/C22H21ClN6O2/c1-22(2,3)20(31)28-17-7-5-14(11-24-17)26-21-25-10-12-8-18(30)27-16-9-13(23)4-6-15(16)19(12)29-21/h4-7,9-11H,8H2,1-3H3,(H,27,30)(H,24,28,31)(H,25,26,29). The number of carbonyl (C=O) groups excluding carboxylic acids is 2. The van der Waals surface area contributed by atoms with Gasteiger partial charge in [-0.3, -0.25) is 9.59 Å². The van der Waals surface area contributed by atoms with E-state index in [2.05, 4.69) is 30.9 Å². The first-order chi connectivity index (χ1) is 14.7. The number of aromatic nitrogens is 3. The third kappa shape index (κ3) is 4.64. The van der Waals surface area contributed by atoms with Crippen LogP contribution >= 0.6 is 11.6 Å². The quantitative estimate of drug-likeness (QED) is 0.561. The molecule has 0 unspecified atom stereocenters. The number of halogens is 1. The van der Waals surface area contributed by atoms with E-state index in [9.17, 15) is 9.59 Å². The van der Waals surface area contributed by atoms with Crippen LogP contribution in [0.1, 0.15) is 26.3 Å². The van der Waals surface area contributed by atoms with Crippen LogP contribution in [0.25, 0.3) is 11.3 Å². The number of fused-ring (bicyclic) bond motifs is 3. The molecule has 0 radical (unpaired) electrons. The second-order valence-corrected chi connectivity index (χ2v) is 8.68. The van der Waals surface area contributed by atoms with Gasteiger partial charge in [-0.25, -0.2) is 15.0 Å². The van der Waals surface area contributed by atoms with Crippen molar-refractivity contribution in [3.63, 3.8) is 0 Å². The van der Waals surface area contributed by atoms with Gasteiger partial charge in [0.25, 0.3) is 0 Å². The van der Waals surface area contributed by atoms with Gasteiger partial charge in [0.1, 0.15) is 5.82 Å². The molecule has 0 bridgehead atoms. The summed E-state index contributed by atoms with van der Waals surface area (Å²) in [5, 5.41) is 9.27. The molecule has 3 aromatic rings. The van der Waals surface area contributed by atoms with E-state index in [0.717, 1.165) is 11.1 Å². The van der Waals surface area contributed by atoms with E-state index < -0.39 is 5.41 Å². The number of hydrogen-bond donors (Lipinski definition) is 3. The molecule has 158 valence electrons. The number of anilines is 4. The van der Waals surface area contributed by atoms with Crippen LogP contribution < -0.4 is 16.0 Å². The summed E-state index contributed by atoms with van der Waals surface area (Å²) in [6, 6.07) is 8.76. The molecule has 31 heavy (non-hydrogen) atoms. The van der Waals surface area contributed by atoms with Crippen molar-refractivity contribution in [2.75, 3.05) is 16.0 Å². The summed E-state index contributed by atoms with van der Waals surface area (Å²) in [5.74, 6) is 0.561.